The number of aromatic nitrogens is 3. The largest absolute Gasteiger partial charge is 0.350 e. The van der Waals surface area contributed by atoms with E-state index in [1.165, 1.54) is 47.4 Å². The molecule has 0 spiro atoms. The van der Waals surface area contributed by atoms with Gasteiger partial charge in [-0.25, -0.2) is 4.98 Å². The molecule has 2 aromatic rings. The molecule has 0 aromatic carbocycles. The van der Waals surface area contributed by atoms with Crippen molar-refractivity contribution in [3.8, 4) is 0 Å². The molecule has 17 heavy (non-hydrogen) atoms. The van der Waals surface area contributed by atoms with Gasteiger partial charge in [-0.3, -0.25) is 4.79 Å². The predicted molar refractivity (Wildman–Crippen MR) is 67.7 cm³/mol. The fraction of sp³-hybridized carbons (Fsp3) is 0.545. The molecular formula is C11H14N4OS. The summed E-state index contributed by atoms with van der Waals surface area (Å²) in [4.78, 5) is 18.5. The van der Waals surface area contributed by atoms with Crippen LogP contribution in [0, 0.1) is 5.92 Å². The van der Waals surface area contributed by atoms with Crippen LogP contribution < -0.4 is 10.5 Å². The van der Waals surface area contributed by atoms with Gasteiger partial charge in [0.1, 0.15) is 0 Å². The lowest BCUT2D eigenvalue weighted by Gasteiger charge is -2.13. The average Bonchev–Trinajstić information content (AvgIpc) is 3.04. The van der Waals surface area contributed by atoms with E-state index in [9.17, 15) is 4.79 Å². The van der Waals surface area contributed by atoms with Gasteiger partial charge in [0.2, 0.25) is 10.1 Å². The molecule has 1 fully saturated rings. The van der Waals surface area contributed by atoms with E-state index < -0.39 is 0 Å². The van der Waals surface area contributed by atoms with Crippen molar-refractivity contribution in [2.75, 3.05) is 18.5 Å². The van der Waals surface area contributed by atoms with Gasteiger partial charge < -0.3 is 4.90 Å². The first-order chi connectivity index (χ1) is 8.24. The van der Waals surface area contributed by atoms with Gasteiger partial charge >= 0.3 is 0 Å². The van der Waals surface area contributed by atoms with Gasteiger partial charge in [0.15, 0.2) is 0 Å². The summed E-state index contributed by atoms with van der Waals surface area (Å²) in [6, 6.07) is 1.43. The zero-order valence-corrected chi connectivity index (χ0v) is 10.5. The summed E-state index contributed by atoms with van der Waals surface area (Å²) in [5, 5.41) is 5.16. The summed E-state index contributed by atoms with van der Waals surface area (Å²) in [6.07, 6.45) is 5.49. The molecule has 90 valence electrons. The Morgan fingerprint density at radius 1 is 1.59 bits per heavy atom. The Hall–Kier alpha value is -1.43. The highest BCUT2D eigenvalue weighted by molar-refractivity contribution is 7.20. The van der Waals surface area contributed by atoms with E-state index >= 15 is 0 Å². The average molecular weight is 250 g/mol. The fourth-order valence-electron chi connectivity index (χ4n) is 1.77. The molecule has 3 rings (SSSR count). The minimum absolute atomic E-state index is 0.118. The lowest BCUT2D eigenvalue weighted by molar-refractivity contribution is 0.705. The first kappa shape index (κ1) is 10.7. The molecule has 0 atom stereocenters. The number of fused-ring (bicyclic) bond motifs is 1. The SMILES string of the molecule is CN(CCC1CC1)c1nn2c(=O)ccnc2s1. The molecule has 2 aromatic heterocycles. The highest BCUT2D eigenvalue weighted by Crippen LogP contribution is 2.33. The Bertz CT molecular complexity index is 586. The molecule has 0 aliphatic heterocycles. The molecule has 5 nitrogen and oxygen atoms in total. The van der Waals surface area contributed by atoms with Crippen molar-refractivity contribution in [3.63, 3.8) is 0 Å². The van der Waals surface area contributed by atoms with Crippen molar-refractivity contribution in [2.45, 2.75) is 19.3 Å². The van der Waals surface area contributed by atoms with E-state index in [0.29, 0.717) is 4.96 Å². The topological polar surface area (TPSA) is 50.5 Å². The summed E-state index contributed by atoms with van der Waals surface area (Å²) < 4.78 is 1.37. The summed E-state index contributed by atoms with van der Waals surface area (Å²) in [6.45, 7) is 0.999. The number of nitrogens with zero attached hydrogens (tertiary/aromatic N) is 4. The third-order valence-corrected chi connectivity index (χ3v) is 4.09. The zero-order valence-electron chi connectivity index (χ0n) is 9.67. The third kappa shape index (κ3) is 2.17. The van der Waals surface area contributed by atoms with Crippen LogP contribution in [0.25, 0.3) is 4.96 Å². The summed E-state index contributed by atoms with van der Waals surface area (Å²) in [7, 11) is 2.02. The number of anilines is 1. The van der Waals surface area contributed by atoms with Crippen LogP contribution in [-0.4, -0.2) is 28.2 Å². The highest BCUT2D eigenvalue weighted by Gasteiger charge is 2.21. The lowest BCUT2D eigenvalue weighted by atomic mass is 10.3. The van der Waals surface area contributed by atoms with E-state index in [4.69, 9.17) is 0 Å². The molecule has 1 saturated carbocycles. The number of hydrogen-bond acceptors (Lipinski definition) is 5. The second kappa shape index (κ2) is 4.10. The molecule has 2 heterocycles. The van der Waals surface area contributed by atoms with Crippen molar-refractivity contribution >= 4 is 21.4 Å². The van der Waals surface area contributed by atoms with Crippen LogP contribution in [0.3, 0.4) is 0 Å². The molecule has 6 heteroatoms. The maximum absolute atomic E-state index is 11.5. The quantitative estimate of drug-likeness (QED) is 0.822. The number of rotatable bonds is 4. The Kier molecular flexibility index (Phi) is 2.58. The maximum atomic E-state index is 11.5. The minimum atomic E-state index is -0.118. The molecule has 0 amide bonds. The van der Waals surface area contributed by atoms with Gasteiger partial charge in [0.25, 0.3) is 5.56 Å². The molecule has 1 aliphatic carbocycles. The van der Waals surface area contributed by atoms with Crippen molar-refractivity contribution in [3.05, 3.63) is 22.6 Å². The summed E-state index contributed by atoms with van der Waals surface area (Å²) >= 11 is 1.46. The van der Waals surface area contributed by atoms with Crippen LogP contribution in [0.5, 0.6) is 0 Å². The van der Waals surface area contributed by atoms with Crippen molar-refractivity contribution in [2.24, 2.45) is 5.92 Å². The van der Waals surface area contributed by atoms with Crippen molar-refractivity contribution in [1.82, 2.24) is 14.6 Å². The molecular weight excluding hydrogens is 236 g/mol. The monoisotopic (exact) mass is 250 g/mol. The van der Waals surface area contributed by atoms with Crippen LogP contribution >= 0.6 is 11.3 Å². The van der Waals surface area contributed by atoms with E-state index in [0.717, 1.165) is 17.6 Å². The number of hydrogen-bond donors (Lipinski definition) is 0. The van der Waals surface area contributed by atoms with E-state index in [1.807, 2.05) is 7.05 Å². The van der Waals surface area contributed by atoms with Crippen LogP contribution in [0.15, 0.2) is 17.1 Å². The molecule has 1 aliphatic rings. The van der Waals surface area contributed by atoms with Gasteiger partial charge in [-0.05, 0) is 12.3 Å². The van der Waals surface area contributed by atoms with Crippen LogP contribution in [0.1, 0.15) is 19.3 Å². The zero-order chi connectivity index (χ0) is 11.8. The predicted octanol–water partition coefficient (Wildman–Crippen LogP) is 1.39. The van der Waals surface area contributed by atoms with Crippen molar-refractivity contribution in [1.29, 1.82) is 0 Å². The van der Waals surface area contributed by atoms with Crippen LogP contribution in [-0.2, 0) is 0 Å². The van der Waals surface area contributed by atoms with Crippen LogP contribution in [0.4, 0.5) is 5.13 Å². The molecule has 0 bridgehead atoms. The minimum Gasteiger partial charge on any atom is -0.350 e. The smallest absolute Gasteiger partial charge is 0.275 e. The standard InChI is InChI=1S/C11H14N4OS/c1-14(7-5-8-2-3-8)11-13-15-9(16)4-6-12-10(15)17-11/h4,6,8H,2-3,5,7H2,1H3. The summed E-state index contributed by atoms with van der Waals surface area (Å²) in [5.74, 6) is 0.910. The van der Waals surface area contributed by atoms with Gasteiger partial charge in [-0.2, -0.15) is 4.52 Å². The first-order valence-electron chi connectivity index (χ1n) is 5.80. The second-order valence-electron chi connectivity index (χ2n) is 4.52. The lowest BCUT2D eigenvalue weighted by Crippen LogP contribution is -2.20. The Balaban J connectivity index is 1.83. The fourth-order valence-corrected chi connectivity index (χ4v) is 2.63. The van der Waals surface area contributed by atoms with E-state index in [2.05, 4.69) is 15.0 Å². The third-order valence-electron chi connectivity index (χ3n) is 3.06. The van der Waals surface area contributed by atoms with E-state index in [1.54, 1.807) is 0 Å². The van der Waals surface area contributed by atoms with Gasteiger partial charge in [0.05, 0.1) is 0 Å². The van der Waals surface area contributed by atoms with E-state index in [-0.39, 0.29) is 5.56 Å². The maximum Gasteiger partial charge on any atom is 0.275 e. The van der Waals surface area contributed by atoms with Crippen LogP contribution in [0.2, 0.25) is 0 Å². The molecule has 0 N–H and O–H groups in total. The first-order valence-corrected chi connectivity index (χ1v) is 6.62. The van der Waals surface area contributed by atoms with Gasteiger partial charge in [-0.15, -0.1) is 5.10 Å². The molecule has 0 unspecified atom stereocenters. The summed E-state index contributed by atoms with van der Waals surface area (Å²) in [5.41, 5.74) is -0.118. The van der Waals surface area contributed by atoms with Gasteiger partial charge in [0, 0.05) is 25.9 Å². The second-order valence-corrected chi connectivity index (χ2v) is 5.45. The normalized spacial score (nSPS) is 15.4. The van der Waals surface area contributed by atoms with Crippen molar-refractivity contribution < 1.29 is 0 Å². The Labute approximate surface area is 103 Å². The highest BCUT2D eigenvalue weighted by atomic mass is 32.1. The van der Waals surface area contributed by atoms with Gasteiger partial charge in [-0.1, -0.05) is 24.2 Å². The molecule has 0 radical (unpaired) electrons. The Morgan fingerprint density at radius 2 is 2.41 bits per heavy atom. The Morgan fingerprint density at radius 3 is 3.12 bits per heavy atom. The molecule has 0 saturated heterocycles.